The zero-order valence-electron chi connectivity index (χ0n) is 16.9. The third-order valence-electron chi connectivity index (χ3n) is 5.80. The van der Waals surface area contributed by atoms with E-state index in [2.05, 4.69) is 12.2 Å². The highest BCUT2D eigenvalue weighted by atomic mass is 19.1. The van der Waals surface area contributed by atoms with Gasteiger partial charge in [-0.05, 0) is 57.8 Å². The predicted octanol–water partition coefficient (Wildman–Crippen LogP) is 2.25. The summed E-state index contributed by atoms with van der Waals surface area (Å²) in [7, 11) is 3.86. The average molecular weight is 391 g/mol. The Hall–Kier alpha value is -1.99. The molecule has 1 heterocycles. The van der Waals surface area contributed by atoms with Gasteiger partial charge in [0.25, 0.3) is 5.91 Å². The van der Waals surface area contributed by atoms with Gasteiger partial charge < -0.3 is 15.0 Å². The Kier molecular flexibility index (Phi) is 6.35. The van der Waals surface area contributed by atoms with Crippen molar-refractivity contribution in [1.82, 2.24) is 15.1 Å². The normalized spacial score (nSPS) is 27.4. The zero-order chi connectivity index (χ0) is 20.3. The molecular formula is C21H30FN3O3. The smallest absolute Gasteiger partial charge is 0.259 e. The molecule has 1 spiro atoms. The first-order valence-corrected chi connectivity index (χ1v) is 9.98. The average Bonchev–Trinajstić information content (AvgIpc) is 3.03. The summed E-state index contributed by atoms with van der Waals surface area (Å²) >= 11 is 0. The van der Waals surface area contributed by atoms with Crippen LogP contribution in [0.4, 0.5) is 4.39 Å². The summed E-state index contributed by atoms with van der Waals surface area (Å²) in [5.74, 6) is -0.752. The maximum Gasteiger partial charge on any atom is 0.259 e. The number of rotatable bonds is 5. The fourth-order valence-corrected chi connectivity index (χ4v) is 4.07. The molecule has 2 fully saturated rings. The van der Waals surface area contributed by atoms with Crippen molar-refractivity contribution in [3.8, 4) is 0 Å². The van der Waals surface area contributed by atoms with Gasteiger partial charge in [-0.15, -0.1) is 0 Å². The van der Waals surface area contributed by atoms with E-state index in [0.717, 1.165) is 12.8 Å². The lowest BCUT2D eigenvalue weighted by Gasteiger charge is -2.43. The van der Waals surface area contributed by atoms with Gasteiger partial charge in [-0.25, -0.2) is 4.39 Å². The van der Waals surface area contributed by atoms with Crippen LogP contribution in [0, 0.1) is 11.7 Å². The highest BCUT2D eigenvalue weighted by molar-refractivity contribution is 5.98. The number of nitrogens with one attached hydrogen (secondary N) is 1. The molecule has 1 saturated heterocycles. The fourth-order valence-electron chi connectivity index (χ4n) is 4.07. The number of hydrogen-bond donors (Lipinski definition) is 1. The van der Waals surface area contributed by atoms with E-state index in [1.807, 2.05) is 19.0 Å². The van der Waals surface area contributed by atoms with Crippen LogP contribution >= 0.6 is 0 Å². The first kappa shape index (κ1) is 20.7. The second-order valence-corrected chi connectivity index (χ2v) is 8.20. The molecule has 1 aromatic carbocycles. The highest BCUT2D eigenvalue weighted by Gasteiger charge is 2.53. The summed E-state index contributed by atoms with van der Waals surface area (Å²) in [4.78, 5) is 29.7. The van der Waals surface area contributed by atoms with Gasteiger partial charge in [0.1, 0.15) is 17.6 Å². The van der Waals surface area contributed by atoms with Crippen molar-refractivity contribution in [1.29, 1.82) is 0 Å². The molecule has 28 heavy (non-hydrogen) atoms. The molecule has 0 unspecified atom stereocenters. The highest BCUT2D eigenvalue weighted by Crippen LogP contribution is 2.43. The van der Waals surface area contributed by atoms with Gasteiger partial charge in [-0.1, -0.05) is 19.1 Å². The Labute approximate surface area is 166 Å². The van der Waals surface area contributed by atoms with Gasteiger partial charge in [-0.2, -0.15) is 0 Å². The number of amides is 2. The van der Waals surface area contributed by atoms with Crippen molar-refractivity contribution < 1.29 is 18.7 Å². The molecule has 7 heteroatoms. The lowest BCUT2D eigenvalue weighted by Crippen LogP contribution is -2.57. The van der Waals surface area contributed by atoms with Crippen molar-refractivity contribution in [2.75, 3.05) is 33.8 Å². The third-order valence-corrected chi connectivity index (χ3v) is 5.80. The maximum absolute atomic E-state index is 14.3. The molecule has 0 radical (unpaired) electrons. The molecule has 1 N–H and O–H groups in total. The van der Waals surface area contributed by atoms with Crippen molar-refractivity contribution >= 4 is 11.8 Å². The molecule has 2 amide bonds. The molecule has 3 rings (SSSR count). The van der Waals surface area contributed by atoms with Crippen molar-refractivity contribution in [3.05, 3.63) is 35.6 Å². The van der Waals surface area contributed by atoms with E-state index in [4.69, 9.17) is 4.74 Å². The maximum atomic E-state index is 14.3. The SMILES string of the molecule is CC1CCC2(CC1)OC[C@@H](C(=O)NCCN(C)C)N2C(=O)c1ccccc1F. The monoisotopic (exact) mass is 391 g/mol. The van der Waals surface area contributed by atoms with Crippen LogP contribution < -0.4 is 5.32 Å². The van der Waals surface area contributed by atoms with Gasteiger partial charge in [0.15, 0.2) is 0 Å². The molecular weight excluding hydrogens is 361 g/mol. The molecule has 1 aliphatic carbocycles. The van der Waals surface area contributed by atoms with E-state index in [0.29, 0.717) is 31.8 Å². The lowest BCUT2D eigenvalue weighted by atomic mass is 9.83. The number of carbonyl (C=O) groups excluding carboxylic acids is 2. The van der Waals surface area contributed by atoms with E-state index in [1.165, 1.54) is 17.0 Å². The quantitative estimate of drug-likeness (QED) is 0.836. The van der Waals surface area contributed by atoms with Crippen LogP contribution in [-0.2, 0) is 9.53 Å². The number of hydrogen-bond acceptors (Lipinski definition) is 4. The topological polar surface area (TPSA) is 61.9 Å². The second-order valence-electron chi connectivity index (χ2n) is 8.20. The molecule has 1 atom stereocenters. The van der Waals surface area contributed by atoms with Gasteiger partial charge in [0.05, 0.1) is 12.2 Å². The predicted molar refractivity (Wildman–Crippen MR) is 104 cm³/mol. The first-order valence-electron chi connectivity index (χ1n) is 9.98. The van der Waals surface area contributed by atoms with E-state index in [1.54, 1.807) is 12.1 Å². The minimum Gasteiger partial charge on any atom is -0.353 e. The summed E-state index contributed by atoms with van der Waals surface area (Å²) in [6.07, 6.45) is 3.15. The molecule has 1 aromatic rings. The molecule has 6 nitrogen and oxygen atoms in total. The Bertz CT molecular complexity index is 717. The number of halogens is 1. The summed E-state index contributed by atoms with van der Waals surface area (Å²) in [5, 5.41) is 2.89. The second kappa shape index (κ2) is 8.57. The summed E-state index contributed by atoms with van der Waals surface area (Å²) in [6, 6.07) is 5.18. The van der Waals surface area contributed by atoms with E-state index >= 15 is 0 Å². The Morgan fingerprint density at radius 2 is 1.96 bits per heavy atom. The Morgan fingerprint density at radius 3 is 2.61 bits per heavy atom. The summed E-state index contributed by atoms with van der Waals surface area (Å²) in [6.45, 7) is 3.50. The van der Waals surface area contributed by atoms with Crippen molar-refractivity contribution in [2.45, 2.75) is 44.4 Å². The first-order chi connectivity index (χ1) is 13.3. The molecule has 1 aliphatic heterocycles. The fraction of sp³-hybridized carbons (Fsp3) is 0.619. The number of likely N-dealkylation sites (N-methyl/N-ethyl adjacent to an activating group) is 1. The number of nitrogens with zero attached hydrogens (tertiary/aromatic N) is 2. The minimum atomic E-state index is -0.824. The van der Waals surface area contributed by atoms with E-state index in [9.17, 15) is 14.0 Å². The van der Waals surface area contributed by atoms with Gasteiger partial charge in [0.2, 0.25) is 5.91 Å². The van der Waals surface area contributed by atoms with Crippen LogP contribution in [-0.4, -0.2) is 67.2 Å². The van der Waals surface area contributed by atoms with Crippen LogP contribution in [0.25, 0.3) is 0 Å². The van der Waals surface area contributed by atoms with Crippen molar-refractivity contribution in [3.63, 3.8) is 0 Å². The van der Waals surface area contributed by atoms with Gasteiger partial charge >= 0.3 is 0 Å². The zero-order valence-corrected chi connectivity index (χ0v) is 16.9. The largest absolute Gasteiger partial charge is 0.353 e. The van der Waals surface area contributed by atoms with Crippen LogP contribution in [0.5, 0.6) is 0 Å². The molecule has 0 bridgehead atoms. The molecule has 1 saturated carbocycles. The number of carbonyl (C=O) groups is 2. The Morgan fingerprint density at radius 1 is 1.29 bits per heavy atom. The standard InChI is InChI=1S/C21H30FN3O3/c1-15-8-10-21(11-9-15)25(20(27)16-6-4-5-7-17(16)22)18(14-28-21)19(26)23-12-13-24(2)3/h4-7,15,18H,8-14H2,1-3H3,(H,23,26)/t15?,18-,21?/m0/s1. The van der Waals surface area contributed by atoms with Crippen LogP contribution in [0.1, 0.15) is 43.0 Å². The van der Waals surface area contributed by atoms with Gasteiger partial charge in [-0.3, -0.25) is 14.5 Å². The molecule has 154 valence electrons. The van der Waals surface area contributed by atoms with Crippen LogP contribution in [0.2, 0.25) is 0 Å². The summed E-state index contributed by atoms with van der Waals surface area (Å²) < 4.78 is 20.4. The summed E-state index contributed by atoms with van der Waals surface area (Å²) in [5.41, 5.74) is -0.841. The number of ether oxygens (including phenoxy) is 1. The molecule has 2 aliphatic rings. The van der Waals surface area contributed by atoms with E-state index in [-0.39, 0.29) is 18.1 Å². The van der Waals surface area contributed by atoms with E-state index < -0.39 is 23.5 Å². The van der Waals surface area contributed by atoms with Crippen LogP contribution in [0.3, 0.4) is 0 Å². The molecule has 0 aromatic heterocycles. The van der Waals surface area contributed by atoms with Gasteiger partial charge in [0, 0.05) is 13.1 Å². The van der Waals surface area contributed by atoms with Crippen molar-refractivity contribution in [2.24, 2.45) is 5.92 Å². The minimum absolute atomic E-state index is 0.0166. The van der Waals surface area contributed by atoms with Crippen LogP contribution in [0.15, 0.2) is 24.3 Å². The Balaban J connectivity index is 1.86. The third kappa shape index (κ3) is 4.20. The number of benzene rings is 1. The lowest BCUT2D eigenvalue weighted by molar-refractivity contribution is -0.127.